The second-order valence-corrected chi connectivity index (χ2v) is 5.47. The number of ether oxygens (including phenoxy) is 1. The van der Waals surface area contributed by atoms with E-state index < -0.39 is 4.92 Å². The van der Waals surface area contributed by atoms with Gasteiger partial charge in [0.2, 0.25) is 0 Å². The Balaban J connectivity index is 1.88. The number of carbonyl (C=O) groups is 1. The molecule has 7 heteroatoms. The Morgan fingerprint density at radius 1 is 1.38 bits per heavy atom. The van der Waals surface area contributed by atoms with Gasteiger partial charge in [0.1, 0.15) is 5.75 Å². The molecule has 0 atom stereocenters. The van der Waals surface area contributed by atoms with Gasteiger partial charge in [0.05, 0.1) is 16.0 Å². The van der Waals surface area contributed by atoms with Gasteiger partial charge in [0, 0.05) is 12.1 Å². The van der Waals surface area contributed by atoms with Crippen molar-refractivity contribution >= 4 is 23.2 Å². The second kappa shape index (κ2) is 7.26. The summed E-state index contributed by atoms with van der Waals surface area (Å²) >= 11 is 5.90. The number of halogens is 1. The number of hydrogen-bond acceptors (Lipinski definition) is 4. The van der Waals surface area contributed by atoms with Gasteiger partial charge in [-0.2, -0.15) is 0 Å². The van der Waals surface area contributed by atoms with E-state index in [1.54, 1.807) is 0 Å². The van der Waals surface area contributed by atoms with Gasteiger partial charge in [-0.3, -0.25) is 14.9 Å². The molecule has 1 aliphatic carbocycles. The number of benzene rings is 1. The van der Waals surface area contributed by atoms with Gasteiger partial charge in [0.15, 0.2) is 6.61 Å². The molecule has 1 aromatic carbocycles. The fourth-order valence-electron chi connectivity index (χ4n) is 2.38. The van der Waals surface area contributed by atoms with Crippen molar-refractivity contribution in [3.8, 4) is 5.75 Å². The molecule has 6 nitrogen and oxygen atoms in total. The predicted molar refractivity (Wildman–Crippen MR) is 78.6 cm³/mol. The van der Waals surface area contributed by atoms with Crippen LogP contribution in [0, 0.1) is 10.1 Å². The summed E-state index contributed by atoms with van der Waals surface area (Å²) in [5.41, 5.74) is -0.123. The van der Waals surface area contributed by atoms with E-state index >= 15 is 0 Å². The number of amides is 1. The van der Waals surface area contributed by atoms with Crippen LogP contribution in [0.4, 0.5) is 5.69 Å². The van der Waals surface area contributed by atoms with E-state index in [1.807, 2.05) is 0 Å². The fourth-order valence-corrected chi connectivity index (χ4v) is 2.55. The highest BCUT2D eigenvalue weighted by molar-refractivity contribution is 6.32. The number of rotatable bonds is 5. The molecule has 1 aliphatic rings. The Morgan fingerprint density at radius 3 is 2.76 bits per heavy atom. The summed E-state index contributed by atoms with van der Waals surface area (Å²) in [5.74, 6) is -0.0888. The van der Waals surface area contributed by atoms with E-state index in [1.165, 1.54) is 24.6 Å². The molecule has 0 saturated heterocycles. The number of carbonyl (C=O) groups excluding carboxylic acids is 1. The lowest BCUT2D eigenvalue weighted by Gasteiger charge is -2.22. The third kappa shape index (κ3) is 4.60. The molecule has 0 unspecified atom stereocenters. The molecular formula is C14H17ClN2O4. The minimum atomic E-state index is -0.536. The molecule has 0 aromatic heterocycles. The van der Waals surface area contributed by atoms with Crippen LogP contribution in [0.3, 0.4) is 0 Å². The Bertz CT molecular complexity index is 530. The minimum absolute atomic E-state index is 0.123. The molecule has 1 fully saturated rings. The molecule has 0 spiro atoms. The van der Waals surface area contributed by atoms with Crippen molar-refractivity contribution in [1.29, 1.82) is 0 Å². The maximum Gasteiger partial charge on any atom is 0.273 e. The largest absolute Gasteiger partial charge is 0.482 e. The van der Waals surface area contributed by atoms with Crippen LogP contribution < -0.4 is 10.1 Å². The summed E-state index contributed by atoms with van der Waals surface area (Å²) in [4.78, 5) is 22.0. The van der Waals surface area contributed by atoms with Gasteiger partial charge in [-0.1, -0.05) is 30.9 Å². The van der Waals surface area contributed by atoms with Crippen LogP contribution >= 0.6 is 11.6 Å². The van der Waals surface area contributed by atoms with Crippen LogP contribution in [-0.2, 0) is 4.79 Å². The van der Waals surface area contributed by atoms with Crippen molar-refractivity contribution in [2.45, 2.75) is 38.1 Å². The molecule has 1 amide bonds. The lowest BCUT2D eigenvalue weighted by Crippen LogP contribution is -2.38. The zero-order chi connectivity index (χ0) is 15.2. The molecule has 2 rings (SSSR count). The van der Waals surface area contributed by atoms with Crippen LogP contribution in [0.5, 0.6) is 5.75 Å². The molecule has 1 saturated carbocycles. The maximum atomic E-state index is 11.8. The molecule has 0 radical (unpaired) electrons. The van der Waals surface area contributed by atoms with Gasteiger partial charge >= 0.3 is 0 Å². The lowest BCUT2D eigenvalue weighted by atomic mass is 9.95. The van der Waals surface area contributed by atoms with E-state index in [9.17, 15) is 14.9 Å². The van der Waals surface area contributed by atoms with Crippen LogP contribution in [-0.4, -0.2) is 23.5 Å². The number of nitrogens with one attached hydrogen (secondary N) is 1. The monoisotopic (exact) mass is 312 g/mol. The Kier molecular flexibility index (Phi) is 5.38. The number of nitrogens with zero attached hydrogens (tertiary/aromatic N) is 1. The molecule has 21 heavy (non-hydrogen) atoms. The van der Waals surface area contributed by atoms with Crippen molar-refractivity contribution in [1.82, 2.24) is 5.32 Å². The molecule has 1 aromatic rings. The normalized spacial score (nSPS) is 15.5. The lowest BCUT2D eigenvalue weighted by molar-refractivity contribution is -0.384. The van der Waals surface area contributed by atoms with Crippen LogP contribution in [0.2, 0.25) is 5.02 Å². The van der Waals surface area contributed by atoms with Crippen molar-refractivity contribution in [2.75, 3.05) is 6.61 Å². The summed E-state index contributed by atoms with van der Waals surface area (Å²) in [6, 6.07) is 4.09. The minimum Gasteiger partial charge on any atom is -0.482 e. The second-order valence-electron chi connectivity index (χ2n) is 5.06. The standard InChI is InChI=1S/C14H17ClN2O4/c15-12-7-6-11(17(19)20)8-13(12)21-9-14(18)16-10-4-2-1-3-5-10/h6-8,10H,1-5,9H2,(H,16,18). The van der Waals surface area contributed by atoms with Gasteiger partial charge in [-0.15, -0.1) is 0 Å². The molecule has 114 valence electrons. The average molecular weight is 313 g/mol. The van der Waals surface area contributed by atoms with Crippen molar-refractivity contribution < 1.29 is 14.5 Å². The molecule has 0 bridgehead atoms. The Labute approximate surface area is 127 Å². The summed E-state index contributed by atoms with van der Waals surface area (Å²) in [7, 11) is 0. The number of nitro benzene ring substituents is 1. The topological polar surface area (TPSA) is 81.5 Å². The van der Waals surface area contributed by atoms with E-state index in [0.29, 0.717) is 0 Å². The number of hydrogen-bond donors (Lipinski definition) is 1. The molecule has 1 N–H and O–H groups in total. The van der Waals surface area contributed by atoms with Crippen LogP contribution in [0.25, 0.3) is 0 Å². The van der Waals surface area contributed by atoms with Gasteiger partial charge < -0.3 is 10.1 Å². The first kappa shape index (κ1) is 15.6. The number of non-ortho nitro benzene ring substituents is 1. The third-order valence-corrected chi connectivity index (χ3v) is 3.77. The SMILES string of the molecule is O=C(COc1cc([N+](=O)[O-])ccc1Cl)NC1CCCCC1. The van der Waals surface area contributed by atoms with E-state index in [-0.39, 0.29) is 35.0 Å². The first-order valence-electron chi connectivity index (χ1n) is 6.92. The van der Waals surface area contributed by atoms with Crippen molar-refractivity contribution in [3.63, 3.8) is 0 Å². The Hall–Kier alpha value is -1.82. The highest BCUT2D eigenvalue weighted by Crippen LogP contribution is 2.28. The third-order valence-electron chi connectivity index (χ3n) is 3.45. The van der Waals surface area contributed by atoms with Gasteiger partial charge in [0.25, 0.3) is 11.6 Å². The molecular weight excluding hydrogens is 296 g/mol. The van der Waals surface area contributed by atoms with E-state index in [2.05, 4.69) is 5.32 Å². The summed E-state index contributed by atoms with van der Waals surface area (Å²) in [5, 5.41) is 13.8. The highest BCUT2D eigenvalue weighted by atomic mass is 35.5. The van der Waals surface area contributed by atoms with Crippen molar-refractivity contribution in [3.05, 3.63) is 33.3 Å². The smallest absolute Gasteiger partial charge is 0.273 e. The van der Waals surface area contributed by atoms with E-state index in [0.717, 1.165) is 25.7 Å². The van der Waals surface area contributed by atoms with Crippen molar-refractivity contribution in [2.24, 2.45) is 0 Å². The van der Waals surface area contributed by atoms with Gasteiger partial charge in [-0.25, -0.2) is 0 Å². The zero-order valence-electron chi connectivity index (χ0n) is 11.5. The summed E-state index contributed by atoms with van der Waals surface area (Å²) < 4.78 is 5.28. The highest BCUT2D eigenvalue weighted by Gasteiger charge is 2.17. The van der Waals surface area contributed by atoms with Crippen LogP contribution in [0.15, 0.2) is 18.2 Å². The number of nitro groups is 1. The van der Waals surface area contributed by atoms with E-state index in [4.69, 9.17) is 16.3 Å². The summed E-state index contributed by atoms with van der Waals surface area (Å²) in [6.45, 7) is -0.197. The Morgan fingerprint density at radius 2 is 2.10 bits per heavy atom. The quantitative estimate of drug-likeness (QED) is 0.669. The maximum absolute atomic E-state index is 11.8. The zero-order valence-corrected chi connectivity index (χ0v) is 12.3. The van der Waals surface area contributed by atoms with Crippen LogP contribution in [0.1, 0.15) is 32.1 Å². The average Bonchev–Trinajstić information content (AvgIpc) is 2.47. The summed E-state index contributed by atoms with van der Waals surface area (Å²) in [6.07, 6.45) is 5.45. The first-order valence-corrected chi connectivity index (χ1v) is 7.30. The van der Waals surface area contributed by atoms with Gasteiger partial charge in [-0.05, 0) is 18.9 Å². The molecule has 0 aliphatic heterocycles. The fraction of sp³-hybridized carbons (Fsp3) is 0.500. The molecule has 0 heterocycles. The first-order chi connectivity index (χ1) is 10.1. The predicted octanol–water partition coefficient (Wildman–Crippen LogP) is 3.08.